The van der Waals surface area contributed by atoms with Crippen molar-refractivity contribution >= 4 is 0 Å². The molecular formula is C11H23N. The Labute approximate surface area is 76.7 Å². The molecule has 12 heavy (non-hydrogen) atoms. The standard InChI is InChI=1S/C11H23N/c1-2-3-4-5-10-6-8-11(12)9-7-10/h10-11H,2-9,12H2,1H3. The van der Waals surface area contributed by atoms with Crippen molar-refractivity contribution in [3.63, 3.8) is 0 Å². The van der Waals surface area contributed by atoms with E-state index in [0.29, 0.717) is 6.04 Å². The van der Waals surface area contributed by atoms with Gasteiger partial charge in [0.1, 0.15) is 0 Å². The molecule has 1 nitrogen and oxygen atoms in total. The summed E-state index contributed by atoms with van der Waals surface area (Å²) in [5.74, 6) is 1.01. The first-order chi connectivity index (χ1) is 5.83. The van der Waals surface area contributed by atoms with Crippen LogP contribution in [0.3, 0.4) is 0 Å². The lowest BCUT2D eigenvalue weighted by Gasteiger charge is -2.25. The van der Waals surface area contributed by atoms with Gasteiger partial charge in [-0.15, -0.1) is 0 Å². The average Bonchev–Trinajstić information content (AvgIpc) is 2.09. The van der Waals surface area contributed by atoms with E-state index in [1.807, 2.05) is 0 Å². The van der Waals surface area contributed by atoms with Gasteiger partial charge in [-0.1, -0.05) is 32.6 Å². The number of nitrogens with two attached hydrogens (primary N) is 1. The van der Waals surface area contributed by atoms with Gasteiger partial charge in [0, 0.05) is 6.04 Å². The molecule has 1 heteroatoms. The number of hydrogen-bond acceptors (Lipinski definition) is 1. The van der Waals surface area contributed by atoms with E-state index in [0.717, 1.165) is 5.92 Å². The smallest absolute Gasteiger partial charge is 0.00390 e. The van der Waals surface area contributed by atoms with Crippen LogP contribution in [0.5, 0.6) is 0 Å². The second kappa shape index (κ2) is 5.58. The van der Waals surface area contributed by atoms with Crippen molar-refractivity contribution in [2.45, 2.75) is 64.3 Å². The minimum Gasteiger partial charge on any atom is -0.328 e. The molecule has 0 aliphatic heterocycles. The van der Waals surface area contributed by atoms with Crippen LogP contribution in [-0.2, 0) is 0 Å². The second-order valence-electron chi connectivity index (χ2n) is 4.28. The highest BCUT2D eigenvalue weighted by atomic mass is 14.6. The van der Waals surface area contributed by atoms with Gasteiger partial charge in [-0.25, -0.2) is 0 Å². The minimum atomic E-state index is 0.521. The molecular weight excluding hydrogens is 146 g/mol. The van der Waals surface area contributed by atoms with Crippen molar-refractivity contribution in [3.05, 3.63) is 0 Å². The molecule has 0 bridgehead atoms. The Morgan fingerprint density at radius 3 is 2.33 bits per heavy atom. The fourth-order valence-corrected chi connectivity index (χ4v) is 2.16. The van der Waals surface area contributed by atoms with Gasteiger partial charge in [-0.05, 0) is 31.6 Å². The van der Waals surface area contributed by atoms with Crippen LogP contribution in [0.15, 0.2) is 0 Å². The maximum Gasteiger partial charge on any atom is 0.00390 e. The van der Waals surface area contributed by atoms with Crippen molar-refractivity contribution in [2.75, 3.05) is 0 Å². The molecule has 0 aromatic carbocycles. The third-order valence-corrected chi connectivity index (χ3v) is 3.11. The van der Waals surface area contributed by atoms with Crippen LogP contribution in [0, 0.1) is 5.92 Å². The minimum absolute atomic E-state index is 0.521. The largest absolute Gasteiger partial charge is 0.328 e. The van der Waals surface area contributed by atoms with Crippen LogP contribution in [0.1, 0.15) is 58.3 Å². The summed E-state index contributed by atoms with van der Waals surface area (Å²) in [7, 11) is 0. The molecule has 0 heterocycles. The van der Waals surface area contributed by atoms with Crippen LogP contribution in [0.2, 0.25) is 0 Å². The summed E-state index contributed by atoms with van der Waals surface area (Å²) in [4.78, 5) is 0. The predicted octanol–water partition coefficient (Wildman–Crippen LogP) is 3.08. The lowest BCUT2D eigenvalue weighted by Crippen LogP contribution is -2.26. The molecule has 1 aliphatic rings. The predicted molar refractivity (Wildman–Crippen MR) is 54.1 cm³/mol. The summed E-state index contributed by atoms with van der Waals surface area (Å²) in [5.41, 5.74) is 5.85. The average molecular weight is 169 g/mol. The summed E-state index contributed by atoms with van der Waals surface area (Å²) in [6, 6.07) is 0.521. The van der Waals surface area contributed by atoms with Crippen molar-refractivity contribution in [2.24, 2.45) is 11.7 Å². The second-order valence-corrected chi connectivity index (χ2v) is 4.28. The third-order valence-electron chi connectivity index (χ3n) is 3.11. The van der Waals surface area contributed by atoms with E-state index in [-0.39, 0.29) is 0 Å². The summed E-state index contributed by atoms with van der Waals surface area (Å²) in [6.45, 7) is 2.27. The maximum atomic E-state index is 5.85. The first-order valence-corrected chi connectivity index (χ1v) is 5.58. The normalized spacial score (nSPS) is 30.5. The Bertz CT molecular complexity index is 104. The molecule has 0 amide bonds. The van der Waals surface area contributed by atoms with Crippen molar-refractivity contribution in [1.82, 2.24) is 0 Å². The lowest BCUT2D eigenvalue weighted by molar-refractivity contribution is 0.303. The Morgan fingerprint density at radius 1 is 1.08 bits per heavy atom. The number of rotatable bonds is 4. The van der Waals surface area contributed by atoms with Crippen LogP contribution in [0.4, 0.5) is 0 Å². The molecule has 0 saturated heterocycles. The molecule has 0 spiro atoms. The van der Waals surface area contributed by atoms with Crippen molar-refractivity contribution in [3.8, 4) is 0 Å². The van der Waals surface area contributed by atoms with Gasteiger partial charge in [0.05, 0.1) is 0 Å². The summed E-state index contributed by atoms with van der Waals surface area (Å²) in [5, 5.41) is 0. The van der Waals surface area contributed by atoms with E-state index in [2.05, 4.69) is 6.92 Å². The number of hydrogen-bond donors (Lipinski definition) is 1. The van der Waals surface area contributed by atoms with Gasteiger partial charge in [0.15, 0.2) is 0 Å². The van der Waals surface area contributed by atoms with Gasteiger partial charge in [0.2, 0.25) is 0 Å². The summed E-state index contributed by atoms with van der Waals surface area (Å²) in [6.07, 6.45) is 11.0. The Kier molecular flexibility index (Phi) is 4.67. The fourth-order valence-electron chi connectivity index (χ4n) is 2.16. The lowest BCUT2D eigenvalue weighted by atomic mass is 9.83. The van der Waals surface area contributed by atoms with Gasteiger partial charge >= 0.3 is 0 Å². The molecule has 0 aromatic rings. The highest BCUT2D eigenvalue weighted by Crippen LogP contribution is 2.27. The van der Waals surface area contributed by atoms with E-state index in [1.165, 1.54) is 51.4 Å². The molecule has 1 aliphatic carbocycles. The van der Waals surface area contributed by atoms with E-state index >= 15 is 0 Å². The summed E-state index contributed by atoms with van der Waals surface area (Å²) < 4.78 is 0. The van der Waals surface area contributed by atoms with Gasteiger partial charge < -0.3 is 5.73 Å². The Hall–Kier alpha value is -0.0400. The van der Waals surface area contributed by atoms with Gasteiger partial charge in [0.25, 0.3) is 0 Å². The van der Waals surface area contributed by atoms with Crippen LogP contribution in [0.25, 0.3) is 0 Å². The van der Waals surface area contributed by atoms with Gasteiger partial charge in [-0.2, -0.15) is 0 Å². The Morgan fingerprint density at radius 2 is 1.75 bits per heavy atom. The van der Waals surface area contributed by atoms with E-state index in [1.54, 1.807) is 0 Å². The van der Waals surface area contributed by atoms with E-state index in [4.69, 9.17) is 5.73 Å². The molecule has 0 atom stereocenters. The van der Waals surface area contributed by atoms with Crippen LogP contribution >= 0.6 is 0 Å². The van der Waals surface area contributed by atoms with E-state index in [9.17, 15) is 0 Å². The van der Waals surface area contributed by atoms with E-state index < -0.39 is 0 Å². The first-order valence-electron chi connectivity index (χ1n) is 5.58. The molecule has 72 valence electrons. The quantitative estimate of drug-likeness (QED) is 0.643. The third kappa shape index (κ3) is 3.57. The van der Waals surface area contributed by atoms with Crippen LogP contribution < -0.4 is 5.73 Å². The maximum absolute atomic E-state index is 5.85. The number of unbranched alkanes of at least 4 members (excludes halogenated alkanes) is 2. The molecule has 1 fully saturated rings. The van der Waals surface area contributed by atoms with Crippen LogP contribution in [-0.4, -0.2) is 6.04 Å². The van der Waals surface area contributed by atoms with Gasteiger partial charge in [-0.3, -0.25) is 0 Å². The highest BCUT2D eigenvalue weighted by Gasteiger charge is 2.17. The molecule has 1 rings (SSSR count). The zero-order valence-corrected chi connectivity index (χ0v) is 8.39. The zero-order valence-electron chi connectivity index (χ0n) is 8.39. The topological polar surface area (TPSA) is 26.0 Å². The fraction of sp³-hybridized carbons (Fsp3) is 1.00. The summed E-state index contributed by atoms with van der Waals surface area (Å²) >= 11 is 0. The monoisotopic (exact) mass is 169 g/mol. The van der Waals surface area contributed by atoms with Crippen molar-refractivity contribution in [1.29, 1.82) is 0 Å². The SMILES string of the molecule is CCCCCC1CCC(N)CC1. The first kappa shape index (κ1) is 10.0. The molecule has 0 aromatic heterocycles. The molecule has 0 unspecified atom stereocenters. The molecule has 0 radical (unpaired) electrons. The molecule has 1 saturated carbocycles. The zero-order chi connectivity index (χ0) is 8.81. The Balaban J connectivity index is 2.01. The molecule has 2 N–H and O–H groups in total. The van der Waals surface area contributed by atoms with Crippen molar-refractivity contribution < 1.29 is 0 Å². The highest BCUT2D eigenvalue weighted by molar-refractivity contribution is 4.73.